The fraction of sp³-hybridized carbons (Fsp3) is 0.375. The van der Waals surface area contributed by atoms with E-state index in [4.69, 9.17) is 4.74 Å². The zero-order valence-corrected chi connectivity index (χ0v) is 11.9. The lowest BCUT2D eigenvalue weighted by atomic mass is 10.1. The van der Waals surface area contributed by atoms with E-state index in [1.807, 2.05) is 12.1 Å². The Morgan fingerprint density at radius 1 is 1.21 bits per heavy atom. The van der Waals surface area contributed by atoms with Crippen molar-refractivity contribution >= 4 is 0 Å². The van der Waals surface area contributed by atoms with Gasteiger partial charge in [0, 0.05) is 31.5 Å². The predicted molar refractivity (Wildman–Crippen MR) is 78.4 cm³/mol. The highest BCUT2D eigenvalue weighted by atomic mass is 16.5. The fourth-order valence-electron chi connectivity index (χ4n) is 2.07. The maximum atomic E-state index is 5.17. The van der Waals surface area contributed by atoms with Gasteiger partial charge >= 0.3 is 0 Å². The zero-order valence-electron chi connectivity index (χ0n) is 11.9. The van der Waals surface area contributed by atoms with Crippen LogP contribution in [0.15, 0.2) is 42.7 Å². The maximum absolute atomic E-state index is 5.17. The number of aromatic nitrogens is 1. The summed E-state index contributed by atoms with van der Waals surface area (Å²) in [5, 5.41) is 3.54. The number of benzene rings is 1. The van der Waals surface area contributed by atoms with Crippen LogP contribution in [-0.2, 0) is 13.1 Å². The normalized spacial score (nSPS) is 12.4. The Labute approximate surface area is 115 Å². The second kappa shape index (κ2) is 6.43. The Bertz CT molecular complexity index is 502. The van der Waals surface area contributed by atoms with Gasteiger partial charge in [0.05, 0.1) is 7.11 Å². The third-order valence-corrected chi connectivity index (χ3v) is 3.41. The Kier molecular flexibility index (Phi) is 4.63. The minimum Gasteiger partial charge on any atom is -0.497 e. The first-order valence-electron chi connectivity index (χ1n) is 6.75. The van der Waals surface area contributed by atoms with E-state index in [9.17, 15) is 0 Å². The van der Waals surface area contributed by atoms with Crippen LogP contribution in [0.2, 0.25) is 0 Å². The molecule has 0 amide bonds. The van der Waals surface area contributed by atoms with Crippen LogP contribution in [0.5, 0.6) is 5.75 Å². The Balaban J connectivity index is 1.90. The van der Waals surface area contributed by atoms with Gasteiger partial charge in [0.1, 0.15) is 5.75 Å². The molecule has 2 aromatic rings. The van der Waals surface area contributed by atoms with Gasteiger partial charge < -0.3 is 14.6 Å². The first-order valence-corrected chi connectivity index (χ1v) is 6.75. The van der Waals surface area contributed by atoms with Crippen molar-refractivity contribution in [1.82, 2.24) is 9.88 Å². The molecule has 0 radical (unpaired) electrons. The molecule has 0 spiro atoms. The molecule has 1 unspecified atom stereocenters. The van der Waals surface area contributed by atoms with Gasteiger partial charge in [-0.05, 0) is 43.2 Å². The van der Waals surface area contributed by atoms with Gasteiger partial charge in [0.15, 0.2) is 0 Å². The Morgan fingerprint density at radius 3 is 2.53 bits per heavy atom. The van der Waals surface area contributed by atoms with E-state index >= 15 is 0 Å². The van der Waals surface area contributed by atoms with Crippen LogP contribution in [-0.4, -0.2) is 11.7 Å². The summed E-state index contributed by atoms with van der Waals surface area (Å²) in [6.45, 7) is 6.24. The number of hydrogen-bond donors (Lipinski definition) is 1. The van der Waals surface area contributed by atoms with Crippen molar-refractivity contribution in [1.29, 1.82) is 0 Å². The Hall–Kier alpha value is -1.74. The van der Waals surface area contributed by atoms with Crippen LogP contribution >= 0.6 is 0 Å². The SMILES string of the molecule is CCn1ccc(CNC(C)c2ccc(OC)cc2)c1. The van der Waals surface area contributed by atoms with Crippen LogP contribution in [0.1, 0.15) is 31.0 Å². The van der Waals surface area contributed by atoms with Gasteiger partial charge in [-0.2, -0.15) is 0 Å². The van der Waals surface area contributed by atoms with Crippen molar-refractivity contribution in [3.63, 3.8) is 0 Å². The molecule has 0 fully saturated rings. The molecule has 0 saturated carbocycles. The molecule has 1 heterocycles. The van der Waals surface area contributed by atoms with Gasteiger partial charge in [-0.3, -0.25) is 0 Å². The summed E-state index contributed by atoms with van der Waals surface area (Å²) in [5.74, 6) is 0.899. The van der Waals surface area contributed by atoms with E-state index in [-0.39, 0.29) is 0 Å². The van der Waals surface area contributed by atoms with Gasteiger partial charge in [-0.1, -0.05) is 12.1 Å². The van der Waals surface area contributed by atoms with Crippen molar-refractivity contribution in [2.24, 2.45) is 0 Å². The van der Waals surface area contributed by atoms with E-state index in [0.717, 1.165) is 18.8 Å². The monoisotopic (exact) mass is 258 g/mol. The number of nitrogens with one attached hydrogen (secondary N) is 1. The first-order chi connectivity index (χ1) is 9.22. The highest BCUT2D eigenvalue weighted by molar-refractivity contribution is 5.28. The van der Waals surface area contributed by atoms with E-state index in [1.54, 1.807) is 7.11 Å². The number of nitrogens with zero attached hydrogens (tertiary/aromatic N) is 1. The van der Waals surface area contributed by atoms with E-state index in [0.29, 0.717) is 6.04 Å². The van der Waals surface area contributed by atoms with Crippen molar-refractivity contribution in [3.05, 3.63) is 53.9 Å². The topological polar surface area (TPSA) is 26.2 Å². The largest absolute Gasteiger partial charge is 0.497 e. The molecular formula is C16H22N2O. The van der Waals surface area contributed by atoms with E-state index < -0.39 is 0 Å². The number of aryl methyl sites for hydroxylation is 1. The Morgan fingerprint density at radius 2 is 1.95 bits per heavy atom. The number of rotatable bonds is 6. The van der Waals surface area contributed by atoms with Gasteiger partial charge in [-0.25, -0.2) is 0 Å². The molecule has 0 aliphatic carbocycles. The van der Waals surface area contributed by atoms with Crippen molar-refractivity contribution in [2.75, 3.05) is 7.11 Å². The summed E-state index contributed by atoms with van der Waals surface area (Å²) in [4.78, 5) is 0. The average Bonchev–Trinajstić information content (AvgIpc) is 2.93. The third kappa shape index (κ3) is 3.61. The summed E-state index contributed by atoms with van der Waals surface area (Å²) >= 11 is 0. The van der Waals surface area contributed by atoms with Crippen LogP contribution in [0.3, 0.4) is 0 Å². The molecule has 0 saturated heterocycles. The minimum atomic E-state index is 0.330. The summed E-state index contributed by atoms with van der Waals surface area (Å²) in [6.07, 6.45) is 4.31. The molecule has 0 aliphatic rings. The molecule has 0 aliphatic heterocycles. The molecule has 102 valence electrons. The summed E-state index contributed by atoms with van der Waals surface area (Å²) in [6, 6.07) is 10.7. The number of ether oxygens (including phenoxy) is 1. The summed E-state index contributed by atoms with van der Waals surface area (Å²) < 4.78 is 7.36. The first kappa shape index (κ1) is 13.7. The maximum Gasteiger partial charge on any atom is 0.118 e. The molecule has 19 heavy (non-hydrogen) atoms. The van der Waals surface area contributed by atoms with Crippen LogP contribution in [0, 0.1) is 0 Å². The van der Waals surface area contributed by atoms with Crippen LogP contribution < -0.4 is 10.1 Å². The smallest absolute Gasteiger partial charge is 0.118 e. The van der Waals surface area contributed by atoms with E-state index in [2.05, 4.69) is 54.3 Å². The van der Waals surface area contributed by atoms with Crippen LogP contribution in [0.25, 0.3) is 0 Å². The average molecular weight is 258 g/mol. The van der Waals surface area contributed by atoms with Crippen molar-refractivity contribution < 1.29 is 4.74 Å². The van der Waals surface area contributed by atoms with Crippen molar-refractivity contribution in [2.45, 2.75) is 33.0 Å². The standard InChI is InChI=1S/C16H22N2O/c1-4-18-10-9-14(12-18)11-17-13(2)15-5-7-16(19-3)8-6-15/h5-10,12-13,17H,4,11H2,1-3H3. The third-order valence-electron chi connectivity index (χ3n) is 3.41. The molecule has 3 heteroatoms. The second-order valence-electron chi connectivity index (χ2n) is 4.73. The van der Waals surface area contributed by atoms with Gasteiger partial charge in [-0.15, -0.1) is 0 Å². The summed E-state index contributed by atoms with van der Waals surface area (Å²) in [5.41, 5.74) is 2.60. The highest BCUT2D eigenvalue weighted by Gasteiger charge is 2.05. The molecule has 1 aromatic heterocycles. The highest BCUT2D eigenvalue weighted by Crippen LogP contribution is 2.17. The van der Waals surface area contributed by atoms with Crippen molar-refractivity contribution in [3.8, 4) is 5.75 Å². The number of hydrogen-bond acceptors (Lipinski definition) is 2. The molecule has 3 nitrogen and oxygen atoms in total. The van der Waals surface area contributed by atoms with Crippen LogP contribution in [0.4, 0.5) is 0 Å². The molecule has 1 aromatic carbocycles. The number of methoxy groups -OCH3 is 1. The van der Waals surface area contributed by atoms with E-state index in [1.165, 1.54) is 11.1 Å². The summed E-state index contributed by atoms with van der Waals surface area (Å²) in [7, 11) is 1.69. The lowest BCUT2D eigenvalue weighted by molar-refractivity contribution is 0.414. The quantitative estimate of drug-likeness (QED) is 0.859. The second-order valence-corrected chi connectivity index (χ2v) is 4.73. The molecule has 0 bridgehead atoms. The van der Waals surface area contributed by atoms with Gasteiger partial charge in [0.25, 0.3) is 0 Å². The van der Waals surface area contributed by atoms with Gasteiger partial charge in [0.2, 0.25) is 0 Å². The fourth-order valence-corrected chi connectivity index (χ4v) is 2.07. The molecule has 2 rings (SSSR count). The minimum absolute atomic E-state index is 0.330. The zero-order chi connectivity index (χ0) is 13.7. The molecule has 1 N–H and O–H groups in total. The lowest BCUT2D eigenvalue weighted by Gasteiger charge is -2.14. The predicted octanol–water partition coefficient (Wildman–Crippen LogP) is 3.37. The lowest BCUT2D eigenvalue weighted by Crippen LogP contribution is -2.17. The molecular weight excluding hydrogens is 236 g/mol. The molecule has 1 atom stereocenters.